The molecule has 0 saturated carbocycles. The molecule has 3 aliphatic heterocycles. The van der Waals surface area contributed by atoms with E-state index in [0.717, 1.165) is 41.1 Å². The molecule has 200 valence electrons. The maximum atomic E-state index is 13.9. The number of anilines is 2. The van der Waals surface area contributed by atoms with Gasteiger partial charge in [-0.1, -0.05) is 12.1 Å². The van der Waals surface area contributed by atoms with Crippen molar-refractivity contribution < 1.29 is 18.3 Å². The average molecular weight is 531 g/mol. The van der Waals surface area contributed by atoms with Crippen LogP contribution in [-0.2, 0) is 17.8 Å². The summed E-state index contributed by atoms with van der Waals surface area (Å²) in [6.45, 7) is 3.49. The average Bonchev–Trinajstić information content (AvgIpc) is 3.73. The number of halogens is 2. The third kappa shape index (κ3) is 4.43. The standard InChI is InChI=1S/C29H28F2N6O2/c30-18-6-9-37-25(13-32-27(37)11-18)21-1-3-23(28-22(21)12-33-29(28)38)34-26-4-2-20(17-7-10-39-16-17)24(35-26)15-36-8-5-19(31)14-36/h1-4,6,9,11,13,17,19H,5,7-8,10,12,14-16H2,(H,33,38)(H,34,35)/t17-,19+/m0/s1. The molecule has 0 bridgehead atoms. The van der Waals surface area contributed by atoms with E-state index in [1.54, 1.807) is 12.4 Å². The molecular formula is C29H28F2N6O2. The molecule has 7 rings (SSSR count). The van der Waals surface area contributed by atoms with Gasteiger partial charge in [-0.15, -0.1) is 0 Å². The van der Waals surface area contributed by atoms with Gasteiger partial charge in [0, 0.05) is 56.5 Å². The largest absolute Gasteiger partial charge is 0.381 e. The van der Waals surface area contributed by atoms with Crippen LogP contribution in [0.25, 0.3) is 16.9 Å². The zero-order chi connectivity index (χ0) is 26.5. The minimum absolute atomic E-state index is 0.166. The molecule has 0 spiro atoms. The van der Waals surface area contributed by atoms with E-state index in [0.29, 0.717) is 61.9 Å². The van der Waals surface area contributed by atoms with Crippen LogP contribution in [-0.4, -0.2) is 57.7 Å². The van der Waals surface area contributed by atoms with Crippen LogP contribution < -0.4 is 10.6 Å². The molecule has 0 aliphatic carbocycles. The third-order valence-electron chi connectivity index (χ3n) is 7.95. The van der Waals surface area contributed by atoms with Crippen LogP contribution in [0.15, 0.2) is 48.8 Å². The lowest BCUT2D eigenvalue weighted by atomic mass is 9.96. The summed E-state index contributed by atoms with van der Waals surface area (Å²) in [7, 11) is 0. The first-order chi connectivity index (χ1) is 19.0. The maximum absolute atomic E-state index is 13.9. The fraction of sp³-hybridized carbons (Fsp3) is 0.345. The topological polar surface area (TPSA) is 83.8 Å². The summed E-state index contributed by atoms with van der Waals surface area (Å²) in [5.74, 6) is 0.385. The van der Waals surface area contributed by atoms with Crippen molar-refractivity contribution in [2.45, 2.75) is 38.0 Å². The quantitative estimate of drug-likeness (QED) is 0.380. The van der Waals surface area contributed by atoms with Gasteiger partial charge in [0.25, 0.3) is 5.91 Å². The number of aromatic nitrogens is 3. The minimum atomic E-state index is -0.795. The Labute approximate surface area is 224 Å². The van der Waals surface area contributed by atoms with E-state index in [4.69, 9.17) is 9.72 Å². The third-order valence-corrected chi connectivity index (χ3v) is 7.95. The van der Waals surface area contributed by atoms with Gasteiger partial charge in [-0.2, -0.15) is 0 Å². The molecule has 2 N–H and O–H groups in total. The molecule has 4 aromatic rings. The van der Waals surface area contributed by atoms with Crippen LogP contribution in [0.4, 0.5) is 20.3 Å². The second kappa shape index (κ2) is 9.69. The molecule has 1 aromatic carbocycles. The first kappa shape index (κ1) is 24.2. The van der Waals surface area contributed by atoms with E-state index >= 15 is 0 Å². The number of alkyl halides is 1. The minimum Gasteiger partial charge on any atom is -0.381 e. The van der Waals surface area contributed by atoms with Gasteiger partial charge in [-0.3, -0.25) is 14.1 Å². The monoisotopic (exact) mass is 530 g/mol. The molecule has 8 nitrogen and oxygen atoms in total. The molecule has 2 fully saturated rings. The summed E-state index contributed by atoms with van der Waals surface area (Å²) in [6, 6.07) is 10.6. The van der Waals surface area contributed by atoms with Gasteiger partial charge in [0.15, 0.2) is 0 Å². The van der Waals surface area contributed by atoms with Crippen molar-refractivity contribution in [2.75, 3.05) is 31.6 Å². The molecule has 2 atom stereocenters. The number of hydrogen-bond acceptors (Lipinski definition) is 6. The number of benzene rings is 1. The van der Waals surface area contributed by atoms with E-state index in [1.165, 1.54) is 12.1 Å². The molecule has 3 aliphatic rings. The normalized spacial score (nSPS) is 21.0. The van der Waals surface area contributed by atoms with Gasteiger partial charge in [0.2, 0.25) is 0 Å². The number of carbonyl (C=O) groups is 1. The fourth-order valence-corrected chi connectivity index (χ4v) is 5.99. The Morgan fingerprint density at radius 1 is 1.18 bits per heavy atom. The van der Waals surface area contributed by atoms with Gasteiger partial charge in [0.1, 0.15) is 23.5 Å². The molecule has 39 heavy (non-hydrogen) atoms. The predicted molar refractivity (Wildman–Crippen MR) is 142 cm³/mol. The fourth-order valence-electron chi connectivity index (χ4n) is 5.99. The van der Waals surface area contributed by atoms with E-state index < -0.39 is 6.17 Å². The van der Waals surface area contributed by atoms with E-state index in [2.05, 4.69) is 26.6 Å². The maximum Gasteiger partial charge on any atom is 0.254 e. The van der Waals surface area contributed by atoms with Crippen LogP contribution in [0.2, 0.25) is 0 Å². The van der Waals surface area contributed by atoms with Crippen LogP contribution in [0.5, 0.6) is 0 Å². The van der Waals surface area contributed by atoms with Gasteiger partial charge in [0.05, 0.1) is 35.4 Å². The number of fused-ring (bicyclic) bond motifs is 2. The van der Waals surface area contributed by atoms with Crippen molar-refractivity contribution in [3.8, 4) is 11.3 Å². The zero-order valence-electron chi connectivity index (χ0n) is 21.3. The van der Waals surface area contributed by atoms with Crippen molar-refractivity contribution in [1.29, 1.82) is 0 Å². The van der Waals surface area contributed by atoms with Gasteiger partial charge in [-0.05, 0) is 42.2 Å². The molecule has 3 aromatic heterocycles. The number of imidazole rings is 1. The second-order valence-electron chi connectivity index (χ2n) is 10.5. The van der Waals surface area contributed by atoms with Crippen LogP contribution >= 0.6 is 0 Å². The highest BCUT2D eigenvalue weighted by Gasteiger charge is 2.29. The van der Waals surface area contributed by atoms with Crippen molar-refractivity contribution in [3.05, 3.63) is 77.0 Å². The number of carbonyl (C=O) groups excluding carboxylic acids is 1. The Morgan fingerprint density at radius 3 is 2.92 bits per heavy atom. The van der Waals surface area contributed by atoms with Crippen molar-refractivity contribution in [3.63, 3.8) is 0 Å². The highest BCUT2D eigenvalue weighted by Crippen LogP contribution is 2.36. The summed E-state index contributed by atoms with van der Waals surface area (Å²) >= 11 is 0. The molecule has 0 unspecified atom stereocenters. The highest BCUT2D eigenvalue weighted by molar-refractivity contribution is 6.06. The predicted octanol–water partition coefficient (Wildman–Crippen LogP) is 4.57. The van der Waals surface area contributed by atoms with Crippen molar-refractivity contribution in [1.82, 2.24) is 24.6 Å². The summed E-state index contributed by atoms with van der Waals surface area (Å²) < 4.78 is 35.0. The van der Waals surface area contributed by atoms with Gasteiger partial charge >= 0.3 is 0 Å². The number of hydrogen-bond donors (Lipinski definition) is 2. The molecule has 10 heteroatoms. The Balaban J connectivity index is 1.24. The second-order valence-corrected chi connectivity index (χ2v) is 10.5. The van der Waals surface area contributed by atoms with Crippen LogP contribution in [0.3, 0.4) is 0 Å². The zero-order valence-corrected chi connectivity index (χ0v) is 21.3. The number of amides is 1. The lowest BCUT2D eigenvalue weighted by molar-refractivity contribution is 0.0966. The van der Waals surface area contributed by atoms with E-state index in [-0.39, 0.29) is 17.6 Å². The summed E-state index contributed by atoms with van der Waals surface area (Å²) in [5.41, 5.74) is 6.26. The number of ether oxygens (including phenoxy) is 1. The number of rotatable bonds is 6. The number of pyridine rings is 2. The summed E-state index contributed by atoms with van der Waals surface area (Å²) in [4.78, 5) is 24.4. The van der Waals surface area contributed by atoms with Crippen molar-refractivity contribution in [2.24, 2.45) is 0 Å². The molecule has 1 amide bonds. The first-order valence-electron chi connectivity index (χ1n) is 13.3. The first-order valence-corrected chi connectivity index (χ1v) is 13.3. The SMILES string of the molecule is O=C1NCc2c(-c3cnc4cc(F)ccn34)ccc(Nc3ccc([C@H]4CCOC4)c(CN4CC[C@@H](F)C4)n3)c21. The van der Waals surface area contributed by atoms with Crippen LogP contribution in [0.1, 0.15) is 45.9 Å². The molecular weight excluding hydrogens is 502 g/mol. The number of nitrogens with zero attached hydrogens (tertiary/aromatic N) is 4. The Morgan fingerprint density at radius 2 is 2.10 bits per heavy atom. The van der Waals surface area contributed by atoms with Crippen LogP contribution in [0, 0.1) is 5.82 Å². The number of nitrogens with one attached hydrogen (secondary N) is 2. The lowest BCUT2D eigenvalue weighted by Crippen LogP contribution is -2.23. The Kier molecular flexibility index (Phi) is 6.01. The van der Waals surface area contributed by atoms with Crippen molar-refractivity contribution >= 4 is 23.1 Å². The van der Waals surface area contributed by atoms with E-state index in [1.807, 2.05) is 22.6 Å². The van der Waals surface area contributed by atoms with Gasteiger partial charge in [-0.25, -0.2) is 18.7 Å². The smallest absolute Gasteiger partial charge is 0.254 e. The molecule has 0 radical (unpaired) electrons. The number of likely N-dealkylation sites (tertiary alicyclic amines) is 1. The van der Waals surface area contributed by atoms with Gasteiger partial charge < -0.3 is 15.4 Å². The Bertz CT molecular complexity index is 1580. The molecule has 2 saturated heterocycles. The summed E-state index contributed by atoms with van der Waals surface area (Å²) in [6.07, 6.45) is 4.03. The van der Waals surface area contributed by atoms with E-state index in [9.17, 15) is 13.6 Å². The summed E-state index contributed by atoms with van der Waals surface area (Å²) in [5, 5.41) is 6.31. The molecule has 6 heterocycles. The Hall–Kier alpha value is -3.89. The lowest BCUT2D eigenvalue weighted by Gasteiger charge is -2.20. The highest BCUT2D eigenvalue weighted by atomic mass is 19.1.